The first-order chi connectivity index (χ1) is 27.0. The van der Waals surface area contributed by atoms with E-state index in [9.17, 15) is 15.0 Å². The summed E-state index contributed by atoms with van der Waals surface area (Å²) in [5.41, 5.74) is 5.77. The van der Waals surface area contributed by atoms with Gasteiger partial charge >= 0.3 is 0 Å². The SMILES string of the molecule is CCCCCCCCCCCCCCCCCC(=O)NC1C(Cc2cc(C(C)(C)C)c(O)c(C(C)(C)C)c2)CCCC1Cc1cc(C(C)(C)C)c(O)c(C(C)(C)C)c1. The number of carbonyl (C=O) groups is 1. The highest BCUT2D eigenvalue weighted by atomic mass is 16.3. The van der Waals surface area contributed by atoms with Gasteiger partial charge in [-0.05, 0) is 99.0 Å². The molecule has 1 amide bonds. The van der Waals surface area contributed by atoms with Gasteiger partial charge < -0.3 is 15.5 Å². The predicted octanol–water partition coefficient (Wildman–Crippen LogP) is 15.2. The van der Waals surface area contributed by atoms with E-state index in [1.54, 1.807) is 0 Å². The van der Waals surface area contributed by atoms with Gasteiger partial charge in [-0.3, -0.25) is 4.79 Å². The number of aromatic hydroxyl groups is 2. The summed E-state index contributed by atoms with van der Waals surface area (Å²) in [5.74, 6) is 1.65. The Morgan fingerprint density at radius 3 is 1.10 bits per heavy atom. The molecule has 1 aliphatic carbocycles. The Bertz CT molecular complexity index is 1380. The number of unbranched alkanes of at least 4 members (excludes halogenated alkanes) is 14. The van der Waals surface area contributed by atoms with E-state index in [4.69, 9.17) is 0 Å². The fourth-order valence-electron chi connectivity index (χ4n) is 9.51. The third kappa shape index (κ3) is 15.8. The molecule has 0 bridgehead atoms. The number of amides is 1. The van der Waals surface area contributed by atoms with Crippen LogP contribution in [0.5, 0.6) is 11.5 Å². The molecule has 1 saturated carbocycles. The van der Waals surface area contributed by atoms with E-state index < -0.39 is 0 Å². The minimum atomic E-state index is -0.190. The van der Waals surface area contributed by atoms with Crippen molar-refractivity contribution in [3.63, 3.8) is 0 Å². The molecular formula is C54H91NO3. The third-order valence-electron chi connectivity index (χ3n) is 13.1. The van der Waals surface area contributed by atoms with E-state index in [-0.39, 0.29) is 33.6 Å². The Labute approximate surface area is 358 Å². The summed E-state index contributed by atoms with van der Waals surface area (Å²) < 4.78 is 0. The molecule has 330 valence electrons. The first-order valence-corrected chi connectivity index (χ1v) is 24.1. The Balaban J connectivity index is 1.75. The number of hydrogen-bond donors (Lipinski definition) is 3. The molecule has 2 aromatic rings. The van der Waals surface area contributed by atoms with Crippen LogP contribution in [0.2, 0.25) is 0 Å². The first kappa shape index (κ1) is 49.9. The minimum absolute atomic E-state index is 0.0625. The lowest BCUT2D eigenvalue weighted by Gasteiger charge is -2.40. The van der Waals surface area contributed by atoms with E-state index in [0.717, 1.165) is 67.2 Å². The second-order valence-electron chi connectivity index (χ2n) is 22.7. The van der Waals surface area contributed by atoms with Crippen LogP contribution in [-0.2, 0) is 39.3 Å². The molecule has 0 heterocycles. The van der Waals surface area contributed by atoms with E-state index >= 15 is 0 Å². The molecule has 0 aromatic heterocycles. The summed E-state index contributed by atoms with van der Waals surface area (Å²) in [7, 11) is 0. The molecule has 0 aliphatic heterocycles. The highest BCUT2D eigenvalue weighted by molar-refractivity contribution is 5.76. The minimum Gasteiger partial charge on any atom is -0.507 e. The lowest BCUT2D eigenvalue weighted by Crippen LogP contribution is -2.49. The smallest absolute Gasteiger partial charge is 0.220 e. The molecule has 0 spiro atoms. The van der Waals surface area contributed by atoms with Gasteiger partial charge in [0, 0.05) is 12.5 Å². The van der Waals surface area contributed by atoms with Crippen LogP contribution in [0, 0.1) is 11.8 Å². The van der Waals surface area contributed by atoms with Crippen LogP contribution in [0.3, 0.4) is 0 Å². The number of rotatable bonds is 21. The number of hydrogen-bond acceptors (Lipinski definition) is 3. The first-order valence-electron chi connectivity index (χ1n) is 24.1. The number of phenolic OH excluding ortho intramolecular Hbond substituents is 2. The van der Waals surface area contributed by atoms with Gasteiger partial charge in [0.15, 0.2) is 0 Å². The molecule has 2 atom stereocenters. The van der Waals surface area contributed by atoms with Crippen LogP contribution in [0.1, 0.15) is 245 Å². The highest BCUT2D eigenvalue weighted by Crippen LogP contribution is 2.44. The highest BCUT2D eigenvalue weighted by Gasteiger charge is 2.36. The number of phenols is 2. The van der Waals surface area contributed by atoms with Crippen molar-refractivity contribution < 1.29 is 15.0 Å². The summed E-state index contributed by atoms with van der Waals surface area (Å²) in [6.07, 6.45) is 25.4. The van der Waals surface area contributed by atoms with Gasteiger partial charge in [-0.2, -0.15) is 0 Å². The second-order valence-corrected chi connectivity index (χ2v) is 22.7. The Morgan fingerprint density at radius 2 is 0.810 bits per heavy atom. The molecule has 2 aromatic carbocycles. The molecule has 1 fully saturated rings. The zero-order valence-electron chi connectivity index (χ0n) is 40.2. The van der Waals surface area contributed by atoms with Crippen LogP contribution in [0.4, 0.5) is 0 Å². The fourth-order valence-corrected chi connectivity index (χ4v) is 9.51. The largest absolute Gasteiger partial charge is 0.507 e. The Hall–Kier alpha value is -2.49. The van der Waals surface area contributed by atoms with Crippen molar-refractivity contribution in [1.29, 1.82) is 0 Å². The van der Waals surface area contributed by atoms with Gasteiger partial charge in [-0.1, -0.05) is 211 Å². The van der Waals surface area contributed by atoms with Gasteiger partial charge in [-0.15, -0.1) is 0 Å². The summed E-state index contributed by atoms with van der Waals surface area (Å²) in [5, 5.41) is 26.7. The Morgan fingerprint density at radius 1 is 0.517 bits per heavy atom. The van der Waals surface area contributed by atoms with E-state index in [1.165, 1.54) is 94.6 Å². The third-order valence-corrected chi connectivity index (χ3v) is 13.1. The van der Waals surface area contributed by atoms with E-state index in [0.29, 0.717) is 29.8 Å². The summed E-state index contributed by atoms with van der Waals surface area (Å²) in [4.78, 5) is 13.9. The van der Waals surface area contributed by atoms with Crippen LogP contribution < -0.4 is 5.32 Å². The maximum atomic E-state index is 13.9. The molecule has 0 radical (unpaired) electrons. The zero-order valence-corrected chi connectivity index (χ0v) is 40.2. The molecule has 4 heteroatoms. The van der Waals surface area contributed by atoms with Gasteiger partial charge in [0.05, 0.1) is 0 Å². The number of nitrogens with one attached hydrogen (secondary N) is 1. The van der Waals surface area contributed by atoms with Crippen molar-refractivity contribution in [2.75, 3.05) is 0 Å². The summed E-state index contributed by atoms with van der Waals surface area (Å²) in [6, 6.07) is 9.04. The van der Waals surface area contributed by atoms with E-state index in [2.05, 4.69) is 120 Å². The monoisotopic (exact) mass is 802 g/mol. The van der Waals surface area contributed by atoms with Crippen molar-refractivity contribution in [3.8, 4) is 11.5 Å². The van der Waals surface area contributed by atoms with Crippen molar-refractivity contribution in [2.24, 2.45) is 11.8 Å². The van der Waals surface area contributed by atoms with Crippen LogP contribution in [-0.4, -0.2) is 22.2 Å². The zero-order chi connectivity index (χ0) is 43.3. The fraction of sp³-hybridized carbons (Fsp3) is 0.759. The molecule has 58 heavy (non-hydrogen) atoms. The van der Waals surface area contributed by atoms with Crippen molar-refractivity contribution in [3.05, 3.63) is 57.6 Å². The average molecular weight is 802 g/mol. The van der Waals surface area contributed by atoms with Gasteiger partial charge in [0.25, 0.3) is 0 Å². The molecular weight excluding hydrogens is 711 g/mol. The molecule has 1 aliphatic rings. The summed E-state index contributed by atoms with van der Waals surface area (Å²) >= 11 is 0. The van der Waals surface area contributed by atoms with Gasteiger partial charge in [-0.25, -0.2) is 0 Å². The molecule has 4 nitrogen and oxygen atoms in total. The Kier molecular flexibility index (Phi) is 19.2. The number of benzene rings is 2. The van der Waals surface area contributed by atoms with Gasteiger partial charge in [0.1, 0.15) is 11.5 Å². The standard InChI is InChI=1S/C54H91NO3/c1-14-15-16-17-18-19-20-21-22-23-24-25-26-27-28-32-47(56)55-48-41(33-39-35-43(51(2,3)4)49(57)44(36-39)52(5,6)7)30-29-31-42(48)34-40-37-45(53(8,9)10)50(58)46(38-40)54(11,12)13/h35-38,41-42,48,57-58H,14-34H2,1-13H3,(H,55,56). The van der Waals surface area contributed by atoms with E-state index in [1.807, 2.05) is 0 Å². The maximum absolute atomic E-state index is 13.9. The van der Waals surface area contributed by atoms with Gasteiger partial charge in [0.2, 0.25) is 5.91 Å². The topological polar surface area (TPSA) is 69.6 Å². The van der Waals surface area contributed by atoms with Crippen LogP contribution >= 0.6 is 0 Å². The average Bonchev–Trinajstić information content (AvgIpc) is 3.10. The van der Waals surface area contributed by atoms with Crippen molar-refractivity contribution in [2.45, 2.75) is 253 Å². The normalized spacial score (nSPS) is 18.1. The molecule has 0 saturated heterocycles. The molecule has 3 N–H and O–H groups in total. The quantitative estimate of drug-likeness (QED) is 0.110. The lowest BCUT2D eigenvalue weighted by atomic mass is 9.70. The number of carbonyl (C=O) groups excluding carboxylic acids is 1. The second kappa shape index (κ2) is 22.4. The van der Waals surface area contributed by atoms with Crippen LogP contribution in [0.15, 0.2) is 24.3 Å². The maximum Gasteiger partial charge on any atom is 0.220 e. The van der Waals surface area contributed by atoms with Crippen molar-refractivity contribution >= 4 is 5.91 Å². The summed E-state index contributed by atoms with van der Waals surface area (Å²) in [6.45, 7) is 28.5. The lowest BCUT2D eigenvalue weighted by molar-refractivity contribution is -0.123. The van der Waals surface area contributed by atoms with Crippen LogP contribution in [0.25, 0.3) is 0 Å². The molecule has 2 unspecified atom stereocenters. The predicted molar refractivity (Wildman–Crippen MR) is 251 cm³/mol. The van der Waals surface area contributed by atoms with Crippen molar-refractivity contribution in [1.82, 2.24) is 5.32 Å². The molecule has 3 rings (SSSR count).